The first-order valence-corrected chi connectivity index (χ1v) is 11.5. The van der Waals surface area contributed by atoms with Crippen LogP contribution in [0.15, 0.2) is 31.0 Å². The number of nitrogens with one attached hydrogen (secondary N) is 1. The molecule has 0 bridgehead atoms. The van der Waals surface area contributed by atoms with Crippen molar-refractivity contribution in [1.82, 2.24) is 24.8 Å². The molecule has 9 nitrogen and oxygen atoms in total. The molecule has 2 aliphatic heterocycles. The van der Waals surface area contributed by atoms with Gasteiger partial charge < -0.3 is 15.0 Å². The van der Waals surface area contributed by atoms with Crippen molar-refractivity contribution in [2.45, 2.75) is 62.9 Å². The Morgan fingerprint density at radius 3 is 2.56 bits per heavy atom. The minimum absolute atomic E-state index is 0.0837. The Balaban J connectivity index is 1.22. The average molecular weight is 437 g/mol. The molecule has 1 amide bonds. The van der Waals surface area contributed by atoms with Crippen molar-refractivity contribution < 1.29 is 14.3 Å². The van der Waals surface area contributed by atoms with Gasteiger partial charge in [0, 0.05) is 37.6 Å². The van der Waals surface area contributed by atoms with Gasteiger partial charge >= 0.3 is 5.97 Å². The number of esters is 1. The highest BCUT2D eigenvalue weighted by molar-refractivity contribution is 5.88. The molecule has 1 saturated carbocycles. The second-order valence-electron chi connectivity index (χ2n) is 9.00. The zero-order valence-electron chi connectivity index (χ0n) is 18.1. The SMILES string of the molecule is O=C1CC(C(=O)N2CCC(c3cncc(Nc4cnccn4)n3)CC2)C2(CCCCC2)O1. The van der Waals surface area contributed by atoms with Gasteiger partial charge in [0.1, 0.15) is 17.2 Å². The summed E-state index contributed by atoms with van der Waals surface area (Å²) in [6.07, 6.45) is 15.0. The lowest BCUT2D eigenvalue weighted by molar-refractivity contribution is -0.156. The number of ether oxygens (including phenoxy) is 1. The molecule has 3 aliphatic rings. The molecule has 1 spiro atoms. The van der Waals surface area contributed by atoms with Crippen LogP contribution in [0.2, 0.25) is 0 Å². The number of aromatic nitrogens is 4. The molecule has 4 heterocycles. The average Bonchev–Trinajstić information content (AvgIpc) is 3.15. The summed E-state index contributed by atoms with van der Waals surface area (Å²) in [5.74, 6) is 1.02. The fraction of sp³-hybridized carbons (Fsp3) is 0.565. The second-order valence-corrected chi connectivity index (χ2v) is 9.00. The summed E-state index contributed by atoms with van der Waals surface area (Å²) in [4.78, 5) is 44.7. The number of carbonyl (C=O) groups is 2. The molecule has 168 valence electrons. The number of hydrogen-bond acceptors (Lipinski definition) is 8. The highest BCUT2D eigenvalue weighted by Gasteiger charge is 2.53. The van der Waals surface area contributed by atoms with E-state index in [4.69, 9.17) is 9.72 Å². The lowest BCUT2D eigenvalue weighted by Gasteiger charge is -2.39. The van der Waals surface area contributed by atoms with E-state index in [0.717, 1.165) is 50.6 Å². The van der Waals surface area contributed by atoms with Crippen LogP contribution in [-0.2, 0) is 14.3 Å². The summed E-state index contributed by atoms with van der Waals surface area (Å²) in [5.41, 5.74) is 0.351. The van der Waals surface area contributed by atoms with Gasteiger partial charge in [-0.2, -0.15) is 0 Å². The Labute approximate surface area is 187 Å². The number of anilines is 2. The van der Waals surface area contributed by atoms with E-state index in [0.29, 0.717) is 24.7 Å². The van der Waals surface area contributed by atoms with Gasteiger partial charge in [0.05, 0.1) is 30.4 Å². The van der Waals surface area contributed by atoms with Crippen LogP contribution in [0.1, 0.15) is 63.0 Å². The largest absolute Gasteiger partial charge is 0.458 e. The summed E-state index contributed by atoms with van der Waals surface area (Å²) in [6, 6.07) is 0. The van der Waals surface area contributed by atoms with Crippen molar-refractivity contribution in [3.05, 3.63) is 36.7 Å². The predicted octanol–water partition coefficient (Wildman–Crippen LogP) is 2.98. The van der Waals surface area contributed by atoms with Crippen LogP contribution < -0.4 is 5.32 Å². The summed E-state index contributed by atoms with van der Waals surface area (Å²) >= 11 is 0. The Bertz CT molecular complexity index is 971. The lowest BCUT2D eigenvalue weighted by atomic mass is 9.75. The van der Waals surface area contributed by atoms with Crippen molar-refractivity contribution in [2.75, 3.05) is 18.4 Å². The number of carbonyl (C=O) groups excluding carboxylic acids is 2. The molecule has 9 heteroatoms. The van der Waals surface area contributed by atoms with E-state index in [1.165, 1.54) is 0 Å². The van der Waals surface area contributed by atoms with Crippen LogP contribution in [0, 0.1) is 5.92 Å². The highest BCUT2D eigenvalue weighted by atomic mass is 16.6. The molecule has 5 rings (SSSR count). The smallest absolute Gasteiger partial charge is 0.307 e. The van der Waals surface area contributed by atoms with E-state index >= 15 is 0 Å². The van der Waals surface area contributed by atoms with Gasteiger partial charge in [0.2, 0.25) is 5.91 Å². The van der Waals surface area contributed by atoms with E-state index in [-0.39, 0.29) is 30.1 Å². The third-order valence-corrected chi connectivity index (χ3v) is 7.02. The molecule has 0 aromatic carbocycles. The van der Waals surface area contributed by atoms with Crippen LogP contribution in [0.25, 0.3) is 0 Å². The second kappa shape index (κ2) is 8.80. The topological polar surface area (TPSA) is 110 Å². The molecular weight excluding hydrogens is 408 g/mol. The van der Waals surface area contributed by atoms with E-state index in [2.05, 4.69) is 20.3 Å². The molecule has 1 atom stereocenters. The molecule has 2 aromatic heterocycles. The van der Waals surface area contributed by atoms with Gasteiger partial charge in [-0.15, -0.1) is 0 Å². The molecule has 1 aliphatic carbocycles. The summed E-state index contributed by atoms with van der Waals surface area (Å²) < 4.78 is 5.75. The van der Waals surface area contributed by atoms with Crippen LogP contribution in [0.3, 0.4) is 0 Å². The Morgan fingerprint density at radius 2 is 1.81 bits per heavy atom. The third-order valence-electron chi connectivity index (χ3n) is 7.02. The van der Waals surface area contributed by atoms with Crippen LogP contribution in [0.5, 0.6) is 0 Å². The maximum atomic E-state index is 13.4. The summed E-state index contributed by atoms with van der Waals surface area (Å²) in [7, 11) is 0. The molecule has 3 fully saturated rings. The zero-order valence-corrected chi connectivity index (χ0v) is 18.1. The zero-order chi connectivity index (χ0) is 22.0. The van der Waals surface area contributed by atoms with Gasteiger partial charge in [-0.1, -0.05) is 6.42 Å². The molecule has 1 N–H and O–H groups in total. The molecule has 32 heavy (non-hydrogen) atoms. The standard InChI is InChI=1S/C23H28N6O3/c30-21-12-17(23(32-21)6-2-1-3-7-23)22(31)29-10-4-16(5-11-29)18-13-25-15-20(27-18)28-19-14-24-8-9-26-19/h8-9,13-17H,1-7,10-12H2,(H,26,27,28). The predicted molar refractivity (Wildman–Crippen MR) is 116 cm³/mol. The van der Waals surface area contributed by atoms with Gasteiger partial charge in [-0.25, -0.2) is 9.97 Å². The first kappa shape index (κ1) is 20.8. The Kier molecular flexibility index (Phi) is 5.71. The summed E-state index contributed by atoms with van der Waals surface area (Å²) in [5, 5.41) is 3.13. The number of likely N-dealkylation sites (tertiary alicyclic amines) is 1. The number of piperidine rings is 1. The van der Waals surface area contributed by atoms with Crippen molar-refractivity contribution in [3.8, 4) is 0 Å². The third kappa shape index (κ3) is 4.16. The van der Waals surface area contributed by atoms with E-state index in [9.17, 15) is 9.59 Å². The van der Waals surface area contributed by atoms with Crippen molar-refractivity contribution in [1.29, 1.82) is 0 Å². The van der Waals surface area contributed by atoms with Gasteiger partial charge in [0.25, 0.3) is 0 Å². The fourth-order valence-electron chi connectivity index (χ4n) is 5.35. The minimum Gasteiger partial charge on any atom is -0.458 e. The Hall–Kier alpha value is -3.10. The monoisotopic (exact) mass is 436 g/mol. The van der Waals surface area contributed by atoms with Crippen molar-refractivity contribution >= 4 is 23.5 Å². The first-order chi connectivity index (χ1) is 15.6. The van der Waals surface area contributed by atoms with Crippen molar-refractivity contribution in [3.63, 3.8) is 0 Å². The normalized spacial score (nSPS) is 23.2. The maximum Gasteiger partial charge on any atom is 0.307 e. The maximum absolute atomic E-state index is 13.4. The lowest BCUT2D eigenvalue weighted by Crippen LogP contribution is -2.49. The molecule has 0 radical (unpaired) electrons. The quantitative estimate of drug-likeness (QED) is 0.729. The van der Waals surface area contributed by atoms with Gasteiger partial charge in [0.15, 0.2) is 0 Å². The molecular formula is C23H28N6O3. The first-order valence-electron chi connectivity index (χ1n) is 11.5. The Morgan fingerprint density at radius 1 is 1.03 bits per heavy atom. The van der Waals surface area contributed by atoms with Crippen LogP contribution >= 0.6 is 0 Å². The summed E-state index contributed by atoms with van der Waals surface area (Å²) in [6.45, 7) is 1.32. The number of rotatable bonds is 4. The van der Waals surface area contributed by atoms with Crippen LogP contribution in [0.4, 0.5) is 11.6 Å². The van der Waals surface area contributed by atoms with E-state index < -0.39 is 5.60 Å². The van der Waals surface area contributed by atoms with E-state index in [1.54, 1.807) is 31.0 Å². The van der Waals surface area contributed by atoms with Gasteiger partial charge in [-0.05, 0) is 38.5 Å². The minimum atomic E-state index is -0.560. The van der Waals surface area contributed by atoms with Gasteiger partial charge in [-0.3, -0.25) is 19.6 Å². The van der Waals surface area contributed by atoms with Crippen LogP contribution in [-0.4, -0.2) is 55.4 Å². The number of hydrogen-bond donors (Lipinski definition) is 1. The number of amides is 1. The highest BCUT2D eigenvalue weighted by Crippen LogP contribution is 2.45. The number of nitrogens with zero attached hydrogens (tertiary/aromatic N) is 5. The molecule has 2 saturated heterocycles. The van der Waals surface area contributed by atoms with E-state index in [1.807, 2.05) is 4.90 Å². The fourth-order valence-corrected chi connectivity index (χ4v) is 5.35. The molecule has 2 aromatic rings. The molecule has 1 unspecified atom stereocenters. The van der Waals surface area contributed by atoms with Crippen molar-refractivity contribution in [2.24, 2.45) is 5.92 Å².